The molecule has 2 aromatic carbocycles. The zero-order chi connectivity index (χ0) is 30.5. The Morgan fingerprint density at radius 3 is 2.24 bits per heavy atom. The summed E-state index contributed by atoms with van der Waals surface area (Å²) in [7, 11) is -3.21. The fourth-order valence-corrected chi connectivity index (χ4v) is 5.90. The smallest absolute Gasteiger partial charge is 0.475 e. The number of carbonyl (C=O) groups excluding carboxylic acids is 1. The number of hydrogen-bond acceptors (Lipinski definition) is 5. The van der Waals surface area contributed by atoms with Crippen LogP contribution >= 0.6 is 0 Å². The average molecular weight is 601 g/mol. The van der Waals surface area contributed by atoms with Gasteiger partial charge in [0.2, 0.25) is 10.0 Å². The summed E-state index contributed by atoms with van der Waals surface area (Å²) in [5, 5.41) is 11.2. The van der Waals surface area contributed by atoms with E-state index in [1.807, 2.05) is 25.3 Å². The first-order valence-corrected chi connectivity index (χ1v) is 14.5. The van der Waals surface area contributed by atoms with Crippen LogP contribution in [0.15, 0.2) is 36.5 Å². The van der Waals surface area contributed by atoms with Gasteiger partial charge in [-0.2, -0.15) is 13.2 Å². The number of fused-ring (bicyclic) bond motifs is 1. The Bertz CT molecular complexity index is 1510. The zero-order valence-corrected chi connectivity index (χ0v) is 23.3. The summed E-state index contributed by atoms with van der Waals surface area (Å²) >= 11 is 0. The number of piperidine rings is 1. The number of halogens is 4. The van der Waals surface area contributed by atoms with E-state index in [4.69, 9.17) is 15.6 Å². The number of sulfonamides is 1. The van der Waals surface area contributed by atoms with E-state index in [9.17, 15) is 30.8 Å². The van der Waals surface area contributed by atoms with E-state index in [0.29, 0.717) is 54.7 Å². The SMILES string of the molecule is CCNCc1cc(F)cc(-c2cc(C(N)=O)c3[nH]cc(C4CCN(S(=O)(=O)CC)CC4)c3c2)c1.O=C(O)C(F)(F)F. The van der Waals surface area contributed by atoms with E-state index in [2.05, 4.69) is 10.3 Å². The molecular formula is C27H32F4N4O5S. The summed E-state index contributed by atoms with van der Waals surface area (Å²) < 4.78 is 72.2. The lowest BCUT2D eigenvalue weighted by Crippen LogP contribution is -2.38. The van der Waals surface area contributed by atoms with Crippen LogP contribution < -0.4 is 11.1 Å². The predicted octanol–water partition coefficient (Wildman–Crippen LogP) is 4.34. The van der Waals surface area contributed by atoms with Crippen molar-refractivity contribution >= 4 is 32.8 Å². The molecule has 0 aliphatic carbocycles. The van der Waals surface area contributed by atoms with Crippen molar-refractivity contribution in [2.45, 2.75) is 45.3 Å². The number of nitrogens with one attached hydrogen (secondary N) is 2. The third-order valence-electron chi connectivity index (χ3n) is 6.85. The first kappa shape index (κ1) is 32.0. The average Bonchev–Trinajstić information content (AvgIpc) is 3.35. The van der Waals surface area contributed by atoms with Gasteiger partial charge in [0.1, 0.15) is 5.82 Å². The number of nitrogens with two attached hydrogens (primary N) is 1. The van der Waals surface area contributed by atoms with E-state index < -0.39 is 28.1 Å². The number of amides is 1. The van der Waals surface area contributed by atoms with Crippen molar-refractivity contribution in [1.82, 2.24) is 14.6 Å². The molecule has 0 bridgehead atoms. The summed E-state index contributed by atoms with van der Waals surface area (Å²) in [6, 6.07) is 8.54. The molecule has 41 heavy (non-hydrogen) atoms. The lowest BCUT2D eigenvalue weighted by atomic mass is 9.88. The minimum absolute atomic E-state index is 0.0967. The maximum Gasteiger partial charge on any atom is 0.490 e. The van der Waals surface area contributed by atoms with Gasteiger partial charge in [0.05, 0.1) is 16.8 Å². The van der Waals surface area contributed by atoms with Gasteiger partial charge in [-0.15, -0.1) is 0 Å². The Balaban J connectivity index is 0.000000587. The monoisotopic (exact) mass is 600 g/mol. The number of rotatable bonds is 8. The Labute approximate surface area is 234 Å². The number of carboxylic acid groups (broad SMARTS) is 1. The Kier molecular flexibility index (Phi) is 10.2. The van der Waals surface area contributed by atoms with Gasteiger partial charge >= 0.3 is 12.1 Å². The summed E-state index contributed by atoms with van der Waals surface area (Å²) in [6.45, 7) is 5.89. The molecule has 1 amide bonds. The zero-order valence-electron chi connectivity index (χ0n) is 22.5. The largest absolute Gasteiger partial charge is 0.490 e. The van der Waals surface area contributed by atoms with Gasteiger partial charge in [-0.25, -0.2) is 21.9 Å². The molecule has 224 valence electrons. The molecule has 1 aliphatic rings. The number of primary amides is 1. The van der Waals surface area contributed by atoms with Gasteiger partial charge in [0.15, 0.2) is 0 Å². The lowest BCUT2D eigenvalue weighted by molar-refractivity contribution is -0.192. The minimum atomic E-state index is -5.08. The minimum Gasteiger partial charge on any atom is -0.475 e. The van der Waals surface area contributed by atoms with Crippen LogP contribution in [0.5, 0.6) is 0 Å². The molecule has 1 aliphatic heterocycles. The highest BCUT2D eigenvalue weighted by Gasteiger charge is 2.38. The number of H-pyrrole nitrogens is 1. The maximum absolute atomic E-state index is 14.4. The highest BCUT2D eigenvalue weighted by molar-refractivity contribution is 7.89. The highest BCUT2D eigenvalue weighted by atomic mass is 32.2. The maximum atomic E-state index is 14.4. The number of benzene rings is 2. The molecule has 14 heteroatoms. The second-order valence-electron chi connectivity index (χ2n) is 9.56. The number of alkyl halides is 3. The molecule has 0 spiro atoms. The van der Waals surface area contributed by atoms with Crippen molar-refractivity contribution in [3.63, 3.8) is 0 Å². The number of carboxylic acids is 1. The van der Waals surface area contributed by atoms with Gasteiger partial charge in [-0.05, 0) is 84.8 Å². The molecule has 2 heterocycles. The van der Waals surface area contributed by atoms with Gasteiger partial charge in [-0.1, -0.05) is 6.92 Å². The number of aromatic nitrogens is 1. The summed E-state index contributed by atoms with van der Waals surface area (Å²) in [5.74, 6) is -3.42. The van der Waals surface area contributed by atoms with Crippen molar-refractivity contribution in [1.29, 1.82) is 0 Å². The third-order valence-corrected chi connectivity index (χ3v) is 8.73. The summed E-state index contributed by atoms with van der Waals surface area (Å²) in [6.07, 6.45) is -1.82. The fraction of sp³-hybridized carbons (Fsp3) is 0.407. The summed E-state index contributed by atoms with van der Waals surface area (Å²) in [4.78, 5) is 24.4. The Morgan fingerprint density at radius 1 is 1.10 bits per heavy atom. The third kappa shape index (κ3) is 7.83. The van der Waals surface area contributed by atoms with Crippen molar-refractivity contribution < 1.29 is 40.7 Å². The van der Waals surface area contributed by atoms with E-state index >= 15 is 0 Å². The summed E-state index contributed by atoms with van der Waals surface area (Å²) in [5.41, 5.74) is 9.94. The first-order chi connectivity index (χ1) is 19.2. The second-order valence-corrected chi connectivity index (χ2v) is 11.8. The molecule has 1 fully saturated rings. The first-order valence-electron chi connectivity index (χ1n) is 12.9. The van der Waals surface area contributed by atoms with Crippen LogP contribution in [0.4, 0.5) is 17.6 Å². The number of nitrogens with zero attached hydrogens (tertiary/aromatic N) is 1. The molecule has 3 aromatic rings. The number of aliphatic carboxylic acids is 1. The lowest BCUT2D eigenvalue weighted by Gasteiger charge is -2.31. The van der Waals surface area contributed by atoms with E-state index in [-0.39, 0.29) is 17.5 Å². The molecule has 0 unspecified atom stereocenters. The van der Waals surface area contributed by atoms with Crippen LogP contribution in [0, 0.1) is 5.82 Å². The van der Waals surface area contributed by atoms with E-state index in [1.165, 1.54) is 12.1 Å². The van der Waals surface area contributed by atoms with Crippen molar-refractivity contribution in [2.75, 3.05) is 25.4 Å². The second kappa shape index (κ2) is 13.0. The topological polar surface area (TPSA) is 146 Å². The molecular weight excluding hydrogens is 568 g/mol. The molecule has 1 aromatic heterocycles. The van der Waals surface area contributed by atoms with Crippen molar-refractivity contribution in [3.05, 3.63) is 59.0 Å². The molecule has 1 saturated heterocycles. The Morgan fingerprint density at radius 2 is 1.71 bits per heavy atom. The number of hydrogen-bond donors (Lipinski definition) is 4. The van der Waals surface area contributed by atoms with E-state index in [1.54, 1.807) is 17.3 Å². The number of carbonyl (C=O) groups is 2. The molecule has 0 saturated carbocycles. The van der Waals surface area contributed by atoms with Crippen LogP contribution in [0.1, 0.15) is 54.1 Å². The predicted molar refractivity (Wildman–Crippen MR) is 146 cm³/mol. The standard InChI is InChI=1S/C25H31FN4O3S.C2HF3O2/c1-3-28-14-16-9-18(11-20(26)10-16)19-12-21-23(15-29-24(21)22(13-19)25(27)31)17-5-7-30(8-6-17)34(32,33)4-2;3-2(4,5)1(6)7/h9-13,15,17,28-29H,3-8,14H2,1-2H3,(H2,27,31);(H,6,7). The molecule has 5 N–H and O–H groups in total. The van der Waals surface area contributed by atoms with Crippen LogP contribution in [0.2, 0.25) is 0 Å². The number of aromatic amines is 1. The fourth-order valence-electron chi connectivity index (χ4n) is 4.77. The highest BCUT2D eigenvalue weighted by Crippen LogP contribution is 2.37. The van der Waals surface area contributed by atoms with Crippen LogP contribution in [0.25, 0.3) is 22.0 Å². The van der Waals surface area contributed by atoms with Crippen LogP contribution in [0.3, 0.4) is 0 Å². The van der Waals surface area contributed by atoms with Gasteiger partial charge in [0, 0.05) is 31.2 Å². The van der Waals surface area contributed by atoms with E-state index in [0.717, 1.165) is 23.1 Å². The van der Waals surface area contributed by atoms with Crippen LogP contribution in [-0.2, 0) is 21.4 Å². The molecule has 0 radical (unpaired) electrons. The van der Waals surface area contributed by atoms with Crippen molar-refractivity contribution in [3.8, 4) is 11.1 Å². The Hall–Kier alpha value is -3.49. The van der Waals surface area contributed by atoms with Gasteiger partial charge in [-0.3, -0.25) is 4.79 Å². The molecule has 4 rings (SSSR count). The normalized spacial score (nSPS) is 15.0. The van der Waals surface area contributed by atoms with Crippen LogP contribution in [-0.4, -0.2) is 66.3 Å². The molecule has 9 nitrogen and oxygen atoms in total. The van der Waals surface area contributed by atoms with Gasteiger partial charge in [0.25, 0.3) is 5.91 Å². The quantitative estimate of drug-likeness (QED) is 0.283. The molecule has 0 atom stereocenters. The van der Waals surface area contributed by atoms with Crippen molar-refractivity contribution in [2.24, 2.45) is 5.73 Å². The van der Waals surface area contributed by atoms with Gasteiger partial charge < -0.3 is 21.1 Å².